The van der Waals surface area contributed by atoms with Crippen LogP contribution in [0.4, 0.5) is 0 Å². The minimum absolute atomic E-state index is 0.0960. The van der Waals surface area contributed by atoms with E-state index < -0.39 is 5.97 Å². The second-order valence-electron chi connectivity index (χ2n) is 2.26. The molecule has 11 heavy (non-hydrogen) atoms. The van der Waals surface area contributed by atoms with Gasteiger partial charge in [-0.15, -0.1) is 0 Å². The average Bonchev–Trinajstić information content (AvgIpc) is 2.00. The minimum atomic E-state index is -0.501. The summed E-state index contributed by atoms with van der Waals surface area (Å²) in [5.41, 5.74) is 0. The maximum Gasteiger partial charge on any atom is 0.333 e. The number of aliphatic hydroxyl groups is 1. The lowest BCUT2D eigenvalue weighted by Crippen LogP contribution is -1.96. The molecule has 0 aliphatic heterocycles. The van der Waals surface area contributed by atoms with E-state index in [1.165, 1.54) is 7.11 Å². The summed E-state index contributed by atoms with van der Waals surface area (Å²) in [6.45, 7) is 2.02. The molecule has 0 amide bonds. The third kappa shape index (κ3) is 5.45. The third-order valence-corrected chi connectivity index (χ3v) is 1.27. The van der Waals surface area contributed by atoms with Gasteiger partial charge in [0.15, 0.2) is 0 Å². The molecule has 0 saturated heterocycles. The van der Waals surface area contributed by atoms with E-state index in [1.807, 2.05) is 6.92 Å². The largest absolute Gasteiger partial charge is 0.512 e. The molecule has 0 spiro atoms. The first kappa shape index (κ1) is 10.0. The summed E-state index contributed by atoms with van der Waals surface area (Å²) in [6, 6.07) is 0. The van der Waals surface area contributed by atoms with E-state index in [1.54, 1.807) is 0 Å². The van der Waals surface area contributed by atoms with Crippen molar-refractivity contribution in [3.63, 3.8) is 0 Å². The molecule has 0 radical (unpaired) electrons. The van der Waals surface area contributed by atoms with Gasteiger partial charge in [-0.3, -0.25) is 0 Å². The van der Waals surface area contributed by atoms with Crippen LogP contribution >= 0.6 is 0 Å². The Morgan fingerprint density at radius 1 is 1.64 bits per heavy atom. The predicted octanol–water partition coefficient (Wildman–Crippen LogP) is 1.79. The zero-order chi connectivity index (χ0) is 8.69. The molecule has 0 heterocycles. The first-order valence-electron chi connectivity index (χ1n) is 3.68. The Balaban J connectivity index is 3.70. The number of unbranched alkanes of at least 4 members (excludes halogenated alkanes) is 1. The molecule has 0 saturated carbocycles. The SMILES string of the molecule is CCCCC(O)=CC(=O)OC. The standard InChI is InChI=1S/C8H14O3/c1-3-4-5-7(9)6-8(10)11-2/h6,9H,3-5H2,1-2H3. The van der Waals surface area contributed by atoms with Crippen molar-refractivity contribution in [1.29, 1.82) is 0 Å². The van der Waals surface area contributed by atoms with Gasteiger partial charge in [0.2, 0.25) is 0 Å². The van der Waals surface area contributed by atoms with Crippen LogP contribution < -0.4 is 0 Å². The fourth-order valence-corrected chi connectivity index (χ4v) is 0.625. The summed E-state index contributed by atoms with van der Waals surface area (Å²) in [5.74, 6) is -0.405. The molecule has 3 nitrogen and oxygen atoms in total. The van der Waals surface area contributed by atoms with E-state index in [0.717, 1.165) is 18.9 Å². The van der Waals surface area contributed by atoms with Crippen molar-refractivity contribution in [3.8, 4) is 0 Å². The molecule has 0 fully saturated rings. The number of hydrogen-bond acceptors (Lipinski definition) is 3. The van der Waals surface area contributed by atoms with E-state index in [4.69, 9.17) is 5.11 Å². The lowest BCUT2D eigenvalue weighted by atomic mass is 10.2. The van der Waals surface area contributed by atoms with Gasteiger partial charge < -0.3 is 9.84 Å². The zero-order valence-corrected chi connectivity index (χ0v) is 6.96. The lowest BCUT2D eigenvalue weighted by Gasteiger charge is -1.96. The lowest BCUT2D eigenvalue weighted by molar-refractivity contribution is -0.135. The number of ether oxygens (including phenoxy) is 1. The molecule has 0 bridgehead atoms. The first-order valence-corrected chi connectivity index (χ1v) is 3.68. The number of rotatable bonds is 4. The topological polar surface area (TPSA) is 46.5 Å². The highest BCUT2D eigenvalue weighted by atomic mass is 16.5. The fourth-order valence-electron chi connectivity index (χ4n) is 0.625. The number of aliphatic hydroxyl groups excluding tert-OH is 1. The summed E-state index contributed by atoms with van der Waals surface area (Å²) in [7, 11) is 1.28. The number of allylic oxidation sites excluding steroid dienone is 1. The third-order valence-electron chi connectivity index (χ3n) is 1.27. The summed E-state index contributed by atoms with van der Waals surface area (Å²) in [5, 5.41) is 9.04. The van der Waals surface area contributed by atoms with Crippen molar-refractivity contribution >= 4 is 5.97 Å². The van der Waals surface area contributed by atoms with Crippen molar-refractivity contribution in [2.45, 2.75) is 26.2 Å². The first-order chi connectivity index (χ1) is 5.20. The van der Waals surface area contributed by atoms with Crippen molar-refractivity contribution in [3.05, 3.63) is 11.8 Å². The van der Waals surface area contributed by atoms with Gasteiger partial charge >= 0.3 is 5.97 Å². The number of carbonyl (C=O) groups excluding carboxylic acids is 1. The summed E-state index contributed by atoms with van der Waals surface area (Å²) >= 11 is 0. The van der Waals surface area contributed by atoms with E-state index in [0.29, 0.717) is 6.42 Å². The molecule has 1 N–H and O–H groups in total. The van der Waals surface area contributed by atoms with Crippen LogP contribution in [0.2, 0.25) is 0 Å². The summed E-state index contributed by atoms with van der Waals surface area (Å²) < 4.78 is 4.33. The van der Waals surface area contributed by atoms with Crippen LogP contribution in [0.5, 0.6) is 0 Å². The molecular weight excluding hydrogens is 144 g/mol. The number of esters is 1. The van der Waals surface area contributed by atoms with Crippen LogP contribution in [0.3, 0.4) is 0 Å². The number of hydrogen-bond donors (Lipinski definition) is 1. The van der Waals surface area contributed by atoms with Crippen LogP contribution in [0.25, 0.3) is 0 Å². The van der Waals surface area contributed by atoms with Crippen LogP contribution in [0.15, 0.2) is 11.8 Å². The molecule has 0 aromatic carbocycles. The highest BCUT2D eigenvalue weighted by Crippen LogP contribution is 2.03. The Bertz CT molecular complexity index is 149. The highest BCUT2D eigenvalue weighted by molar-refractivity contribution is 5.82. The fraction of sp³-hybridized carbons (Fsp3) is 0.625. The molecule has 0 aromatic rings. The van der Waals surface area contributed by atoms with Crippen LogP contribution in [0, 0.1) is 0 Å². The van der Waals surface area contributed by atoms with E-state index in [9.17, 15) is 4.79 Å². The molecule has 0 aliphatic rings. The second-order valence-corrected chi connectivity index (χ2v) is 2.26. The maximum atomic E-state index is 10.5. The second kappa shape index (κ2) is 5.77. The highest BCUT2D eigenvalue weighted by Gasteiger charge is 1.97. The maximum absolute atomic E-state index is 10.5. The Morgan fingerprint density at radius 2 is 2.27 bits per heavy atom. The molecule has 3 heteroatoms. The Kier molecular flexibility index (Phi) is 5.25. The van der Waals surface area contributed by atoms with Gasteiger partial charge in [-0.05, 0) is 6.42 Å². The van der Waals surface area contributed by atoms with Crippen LogP contribution in [-0.2, 0) is 9.53 Å². The van der Waals surface area contributed by atoms with Gasteiger partial charge in [0.25, 0.3) is 0 Å². The van der Waals surface area contributed by atoms with Crippen molar-refractivity contribution in [2.75, 3.05) is 7.11 Å². The van der Waals surface area contributed by atoms with E-state index >= 15 is 0 Å². The normalized spacial score (nSPS) is 11.3. The Morgan fingerprint density at radius 3 is 2.73 bits per heavy atom. The van der Waals surface area contributed by atoms with Crippen LogP contribution in [0.1, 0.15) is 26.2 Å². The van der Waals surface area contributed by atoms with Gasteiger partial charge in [-0.1, -0.05) is 13.3 Å². The van der Waals surface area contributed by atoms with Gasteiger partial charge in [-0.25, -0.2) is 4.79 Å². The van der Waals surface area contributed by atoms with Gasteiger partial charge in [0.05, 0.1) is 18.9 Å². The van der Waals surface area contributed by atoms with E-state index in [-0.39, 0.29) is 5.76 Å². The predicted molar refractivity (Wildman–Crippen MR) is 42.3 cm³/mol. The molecule has 0 atom stereocenters. The average molecular weight is 158 g/mol. The number of carbonyl (C=O) groups is 1. The molecule has 0 unspecified atom stereocenters. The molecule has 64 valence electrons. The molecule has 0 aliphatic carbocycles. The molecule has 0 aromatic heterocycles. The van der Waals surface area contributed by atoms with Gasteiger partial charge in [0.1, 0.15) is 0 Å². The van der Waals surface area contributed by atoms with Crippen molar-refractivity contribution < 1.29 is 14.6 Å². The van der Waals surface area contributed by atoms with Gasteiger partial charge in [0, 0.05) is 6.42 Å². The monoisotopic (exact) mass is 158 g/mol. The minimum Gasteiger partial charge on any atom is -0.512 e. The van der Waals surface area contributed by atoms with Gasteiger partial charge in [-0.2, -0.15) is 0 Å². The zero-order valence-electron chi connectivity index (χ0n) is 6.96. The smallest absolute Gasteiger partial charge is 0.333 e. The van der Waals surface area contributed by atoms with Crippen molar-refractivity contribution in [1.82, 2.24) is 0 Å². The molecular formula is C8H14O3. The summed E-state index contributed by atoms with van der Waals surface area (Å²) in [6.07, 6.45) is 3.54. The summed E-state index contributed by atoms with van der Waals surface area (Å²) in [4.78, 5) is 10.5. The molecule has 0 rings (SSSR count). The quantitative estimate of drug-likeness (QED) is 0.385. The van der Waals surface area contributed by atoms with Crippen molar-refractivity contribution in [2.24, 2.45) is 0 Å². The van der Waals surface area contributed by atoms with E-state index in [2.05, 4.69) is 4.74 Å². The Labute approximate surface area is 66.7 Å². The number of methoxy groups -OCH3 is 1. The Hall–Kier alpha value is -0.990. The van der Waals surface area contributed by atoms with Crippen LogP contribution in [-0.4, -0.2) is 18.2 Å².